The molecule has 0 aliphatic rings. The maximum absolute atomic E-state index is 13.5. The molecule has 0 heterocycles. The van der Waals surface area contributed by atoms with Crippen molar-refractivity contribution in [3.05, 3.63) is 57.8 Å². The van der Waals surface area contributed by atoms with Crippen LogP contribution in [0.15, 0.2) is 35.2 Å². The molecule has 0 atom stereocenters. The molecule has 0 saturated heterocycles. The minimum atomic E-state index is -4.31. The van der Waals surface area contributed by atoms with Crippen molar-refractivity contribution >= 4 is 38.9 Å². The highest BCUT2D eigenvalue weighted by Crippen LogP contribution is 2.28. The van der Waals surface area contributed by atoms with E-state index in [-0.39, 0.29) is 10.0 Å². The van der Waals surface area contributed by atoms with E-state index in [1.807, 2.05) is 0 Å². The minimum absolute atomic E-state index is 0.0885. The second-order valence-corrected chi connectivity index (χ2v) is 6.40. The Morgan fingerprint density at radius 2 is 1.62 bits per heavy atom. The van der Waals surface area contributed by atoms with Gasteiger partial charge in [0.05, 0.1) is 10.7 Å². The zero-order valence-corrected chi connectivity index (χ0v) is 12.3. The van der Waals surface area contributed by atoms with Gasteiger partial charge in [-0.1, -0.05) is 23.2 Å². The number of benzene rings is 2. The van der Waals surface area contributed by atoms with Crippen molar-refractivity contribution in [2.24, 2.45) is 0 Å². The smallest absolute Gasteiger partial charge is 0.263 e. The van der Waals surface area contributed by atoms with Crippen molar-refractivity contribution in [1.82, 2.24) is 0 Å². The first-order valence-corrected chi connectivity index (χ1v) is 7.57. The zero-order chi connectivity index (χ0) is 15.8. The second-order valence-electron chi connectivity index (χ2n) is 3.90. The molecule has 112 valence electrons. The Balaban J connectivity index is 2.47. The molecule has 1 N–H and O–H groups in total. The number of anilines is 1. The average molecular weight is 356 g/mol. The number of halogens is 5. The van der Waals surface area contributed by atoms with Crippen LogP contribution in [0.3, 0.4) is 0 Å². The van der Waals surface area contributed by atoms with Crippen LogP contribution < -0.4 is 4.72 Å². The molecule has 0 spiro atoms. The van der Waals surface area contributed by atoms with Crippen molar-refractivity contribution in [3.8, 4) is 0 Å². The molecule has 0 fully saturated rings. The largest absolute Gasteiger partial charge is 0.276 e. The van der Waals surface area contributed by atoms with Gasteiger partial charge < -0.3 is 0 Å². The summed E-state index contributed by atoms with van der Waals surface area (Å²) in [5, 5.41) is -0.0691. The van der Waals surface area contributed by atoms with Crippen LogP contribution in [-0.4, -0.2) is 8.42 Å². The lowest BCUT2D eigenvalue weighted by Gasteiger charge is -2.11. The van der Waals surface area contributed by atoms with Gasteiger partial charge in [0, 0.05) is 5.02 Å². The first-order chi connectivity index (χ1) is 9.72. The molecule has 0 amide bonds. The summed E-state index contributed by atoms with van der Waals surface area (Å²) >= 11 is 11.4. The van der Waals surface area contributed by atoms with Crippen molar-refractivity contribution in [3.63, 3.8) is 0 Å². The van der Waals surface area contributed by atoms with Crippen molar-refractivity contribution < 1.29 is 21.6 Å². The molecule has 2 aromatic rings. The third-order valence-corrected chi connectivity index (χ3v) is 4.54. The molecule has 21 heavy (non-hydrogen) atoms. The van der Waals surface area contributed by atoms with Gasteiger partial charge >= 0.3 is 0 Å². The molecule has 0 unspecified atom stereocenters. The van der Waals surface area contributed by atoms with Gasteiger partial charge in [-0.15, -0.1) is 0 Å². The highest BCUT2D eigenvalue weighted by Gasteiger charge is 2.22. The van der Waals surface area contributed by atoms with Gasteiger partial charge in [0.15, 0.2) is 17.5 Å². The van der Waals surface area contributed by atoms with Gasteiger partial charge in [0.25, 0.3) is 10.0 Å². The lowest BCUT2D eigenvalue weighted by Crippen LogP contribution is -2.15. The number of hydrogen-bond acceptors (Lipinski definition) is 2. The third-order valence-electron chi connectivity index (χ3n) is 2.46. The highest BCUT2D eigenvalue weighted by atomic mass is 35.5. The SMILES string of the molecule is O=S(=O)(Nc1ccc(F)c(F)c1F)c1cc(Cl)ccc1Cl. The summed E-state index contributed by atoms with van der Waals surface area (Å²) in [7, 11) is -4.31. The quantitative estimate of drug-likeness (QED) is 0.838. The van der Waals surface area contributed by atoms with Gasteiger partial charge in [-0.05, 0) is 30.3 Å². The van der Waals surface area contributed by atoms with Crippen LogP contribution in [0.5, 0.6) is 0 Å². The molecule has 0 aliphatic heterocycles. The Kier molecular flexibility index (Phi) is 4.36. The summed E-state index contributed by atoms with van der Waals surface area (Å²) in [6, 6.07) is 4.99. The maximum Gasteiger partial charge on any atom is 0.263 e. The Bertz CT molecular complexity index is 812. The van der Waals surface area contributed by atoms with Crippen LogP contribution in [0.25, 0.3) is 0 Å². The van der Waals surface area contributed by atoms with E-state index >= 15 is 0 Å². The van der Waals surface area contributed by atoms with Gasteiger partial charge in [-0.3, -0.25) is 4.72 Å². The molecule has 2 aromatic carbocycles. The summed E-state index contributed by atoms with van der Waals surface area (Å²) in [6.07, 6.45) is 0. The summed E-state index contributed by atoms with van der Waals surface area (Å²) in [6.45, 7) is 0. The number of sulfonamides is 1. The Hall–Kier alpha value is -1.44. The molecule has 2 rings (SSSR count). The fourth-order valence-electron chi connectivity index (χ4n) is 1.49. The first-order valence-electron chi connectivity index (χ1n) is 5.34. The molecule has 3 nitrogen and oxygen atoms in total. The van der Waals surface area contributed by atoms with E-state index < -0.39 is 38.1 Å². The van der Waals surface area contributed by atoms with Gasteiger partial charge in [0.1, 0.15) is 4.90 Å². The fraction of sp³-hybridized carbons (Fsp3) is 0. The van der Waals surface area contributed by atoms with E-state index in [2.05, 4.69) is 0 Å². The van der Waals surface area contributed by atoms with E-state index in [1.165, 1.54) is 12.1 Å². The predicted octanol–water partition coefficient (Wildman–Crippen LogP) is 4.21. The molecule has 0 aromatic heterocycles. The summed E-state index contributed by atoms with van der Waals surface area (Å²) in [4.78, 5) is -0.416. The molecule has 0 aliphatic carbocycles. The Morgan fingerprint density at radius 1 is 0.952 bits per heavy atom. The first kappa shape index (κ1) is 15.9. The lowest BCUT2D eigenvalue weighted by atomic mass is 10.3. The topological polar surface area (TPSA) is 46.2 Å². The van der Waals surface area contributed by atoms with Crippen LogP contribution in [-0.2, 0) is 10.0 Å². The molecule has 9 heteroatoms. The standard InChI is InChI=1S/C12H6Cl2F3NO2S/c13-6-1-2-7(14)10(5-6)21(19,20)18-9-4-3-8(15)11(16)12(9)17/h1-5,18H. The van der Waals surface area contributed by atoms with E-state index in [9.17, 15) is 21.6 Å². The molecule has 0 radical (unpaired) electrons. The summed E-state index contributed by atoms with van der Waals surface area (Å²) in [5.74, 6) is -4.87. The van der Waals surface area contributed by atoms with Crippen molar-refractivity contribution in [1.29, 1.82) is 0 Å². The second kappa shape index (κ2) is 5.75. The van der Waals surface area contributed by atoms with Crippen LogP contribution >= 0.6 is 23.2 Å². The third kappa shape index (κ3) is 3.25. The fourth-order valence-corrected chi connectivity index (χ4v) is 3.31. The van der Waals surface area contributed by atoms with E-state index in [4.69, 9.17) is 23.2 Å². The maximum atomic E-state index is 13.5. The Labute approximate surface area is 128 Å². The van der Waals surface area contributed by atoms with Crippen LogP contribution in [0.2, 0.25) is 10.0 Å². The van der Waals surface area contributed by atoms with Crippen LogP contribution in [0.4, 0.5) is 18.9 Å². The average Bonchev–Trinajstić information content (AvgIpc) is 2.42. The van der Waals surface area contributed by atoms with E-state index in [0.29, 0.717) is 6.07 Å². The van der Waals surface area contributed by atoms with Gasteiger partial charge in [-0.2, -0.15) is 0 Å². The lowest BCUT2D eigenvalue weighted by molar-refractivity contribution is 0.449. The zero-order valence-electron chi connectivity index (χ0n) is 10.0. The number of hydrogen-bond donors (Lipinski definition) is 1. The van der Waals surface area contributed by atoms with Gasteiger partial charge in [0.2, 0.25) is 0 Å². The van der Waals surface area contributed by atoms with Crippen molar-refractivity contribution in [2.75, 3.05) is 4.72 Å². The van der Waals surface area contributed by atoms with E-state index in [0.717, 1.165) is 12.1 Å². The normalized spacial score (nSPS) is 11.5. The van der Waals surface area contributed by atoms with Gasteiger partial charge in [-0.25, -0.2) is 21.6 Å². The van der Waals surface area contributed by atoms with E-state index in [1.54, 1.807) is 4.72 Å². The minimum Gasteiger partial charge on any atom is -0.276 e. The molecule has 0 saturated carbocycles. The summed E-state index contributed by atoms with van der Waals surface area (Å²) < 4.78 is 65.3. The van der Waals surface area contributed by atoms with Crippen LogP contribution in [0, 0.1) is 17.5 Å². The van der Waals surface area contributed by atoms with Crippen molar-refractivity contribution in [2.45, 2.75) is 4.90 Å². The predicted molar refractivity (Wildman–Crippen MR) is 73.6 cm³/mol. The summed E-state index contributed by atoms with van der Waals surface area (Å²) in [5.41, 5.74) is -0.745. The Morgan fingerprint density at radius 3 is 2.29 bits per heavy atom. The molecular weight excluding hydrogens is 350 g/mol. The monoisotopic (exact) mass is 355 g/mol. The molecule has 0 bridgehead atoms. The van der Waals surface area contributed by atoms with Crippen LogP contribution in [0.1, 0.15) is 0 Å². The number of nitrogens with one attached hydrogen (secondary N) is 1. The number of rotatable bonds is 3. The molecular formula is C12H6Cl2F3NO2S. The highest BCUT2D eigenvalue weighted by molar-refractivity contribution is 7.92.